The lowest BCUT2D eigenvalue weighted by molar-refractivity contribution is 0.0269. The summed E-state index contributed by atoms with van der Waals surface area (Å²) >= 11 is 0. The maximum atomic E-state index is 13.4. The molecule has 0 radical (unpaired) electrons. The highest BCUT2D eigenvalue weighted by Gasteiger charge is 2.36. The Morgan fingerprint density at radius 3 is 2.79 bits per heavy atom. The maximum absolute atomic E-state index is 13.4. The Hall–Kier alpha value is -0.970. The molecular weight excluding hydrogens is 245 g/mol. The summed E-state index contributed by atoms with van der Waals surface area (Å²) in [4.78, 5) is 0. The van der Waals surface area contributed by atoms with Crippen molar-refractivity contribution in [3.05, 3.63) is 35.6 Å². The first-order chi connectivity index (χ1) is 9.09. The molecule has 1 aliphatic heterocycles. The monoisotopic (exact) mass is 267 g/mol. The average Bonchev–Trinajstić information content (AvgIpc) is 2.81. The second-order valence-electron chi connectivity index (χ2n) is 5.50. The molecule has 19 heavy (non-hydrogen) atoms. The van der Waals surface area contributed by atoms with Crippen LogP contribution in [0.15, 0.2) is 24.3 Å². The van der Waals surface area contributed by atoms with Crippen LogP contribution in [-0.2, 0) is 10.2 Å². The largest absolute Gasteiger partial charge is 0.395 e. The van der Waals surface area contributed by atoms with Crippen LogP contribution in [0.5, 0.6) is 0 Å². The zero-order valence-electron chi connectivity index (χ0n) is 11.3. The Labute approximate surface area is 113 Å². The SMILES string of the molecule is CC1CCC(CC(CN)(CO)c2cccc(F)c2)O1. The number of halogens is 1. The Morgan fingerprint density at radius 1 is 1.47 bits per heavy atom. The highest BCUT2D eigenvalue weighted by molar-refractivity contribution is 5.27. The van der Waals surface area contributed by atoms with Crippen LogP contribution >= 0.6 is 0 Å². The molecule has 106 valence electrons. The summed E-state index contributed by atoms with van der Waals surface area (Å²) in [6.45, 7) is 2.23. The van der Waals surface area contributed by atoms with Crippen LogP contribution in [0.25, 0.3) is 0 Å². The maximum Gasteiger partial charge on any atom is 0.123 e. The summed E-state index contributed by atoms with van der Waals surface area (Å²) < 4.78 is 19.2. The minimum absolute atomic E-state index is 0.0916. The molecule has 3 unspecified atom stereocenters. The molecule has 4 heteroatoms. The van der Waals surface area contributed by atoms with Crippen LogP contribution in [0.3, 0.4) is 0 Å². The minimum Gasteiger partial charge on any atom is -0.395 e. The molecule has 1 aromatic carbocycles. The lowest BCUT2D eigenvalue weighted by Crippen LogP contribution is -2.42. The van der Waals surface area contributed by atoms with Crippen LogP contribution in [0.4, 0.5) is 4.39 Å². The molecule has 3 atom stereocenters. The molecule has 0 amide bonds. The van der Waals surface area contributed by atoms with Gasteiger partial charge in [-0.2, -0.15) is 0 Å². The molecule has 2 rings (SSSR count). The second-order valence-corrected chi connectivity index (χ2v) is 5.50. The average molecular weight is 267 g/mol. The third-order valence-corrected chi connectivity index (χ3v) is 4.07. The molecule has 3 N–H and O–H groups in total. The summed E-state index contributed by atoms with van der Waals surface area (Å²) in [5.74, 6) is -0.301. The fourth-order valence-electron chi connectivity index (χ4n) is 2.83. The standard InChI is InChI=1S/C15H22FNO2/c1-11-5-6-14(19-11)8-15(9-17,10-18)12-3-2-4-13(16)7-12/h2-4,7,11,14,18H,5-6,8-10,17H2,1H3. The number of rotatable bonds is 5. The van der Waals surface area contributed by atoms with Gasteiger partial charge in [0.1, 0.15) is 5.82 Å². The van der Waals surface area contributed by atoms with Gasteiger partial charge in [-0.15, -0.1) is 0 Å². The third-order valence-electron chi connectivity index (χ3n) is 4.07. The van der Waals surface area contributed by atoms with Gasteiger partial charge in [0.05, 0.1) is 18.8 Å². The van der Waals surface area contributed by atoms with E-state index in [0.29, 0.717) is 6.42 Å². The first-order valence-corrected chi connectivity index (χ1v) is 6.82. The summed E-state index contributed by atoms with van der Waals surface area (Å²) in [7, 11) is 0. The number of hydrogen-bond acceptors (Lipinski definition) is 3. The minimum atomic E-state index is -0.614. The topological polar surface area (TPSA) is 55.5 Å². The zero-order valence-corrected chi connectivity index (χ0v) is 11.3. The Kier molecular flexibility index (Phi) is 4.55. The van der Waals surface area contributed by atoms with Crippen molar-refractivity contribution in [2.24, 2.45) is 5.73 Å². The van der Waals surface area contributed by atoms with Gasteiger partial charge in [0.25, 0.3) is 0 Å². The number of benzene rings is 1. The van der Waals surface area contributed by atoms with E-state index in [1.807, 2.05) is 13.0 Å². The van der Waals surface area contributed by atoms with E-state index in [-0.39, 0.29) is 31.2 Å². The fourth-order valence-corrected chi connectivity index (χ4v) is 2.83. The van der Waals surface area contributed by atoms with Gasteiger partial charge in [-0.3, -0.25) is 0 Å². The molecular formula is C15H22FNO2. The van der Waals surface area contributed by atoms with Gasteiger partial charge in [0, 0.05) is 12.0 Å². The number of ether oxygens (including phenoxy) is 1. The molecule has 3 nitrogen and oxygen atoms in total. The van der Waals surface area contributed by atoms with Crippen LogP contribution in [0.2, 0.25) is 0 Å². The van der Waals surface area contributed by atoms with Gasteiger partial charge in [-0.25, -0.2) is 4.39 Å². The van der Waals surface area contributed by atoms with E-state index in [4.69, 9.17) is 10.5 Å². The highest BCUT2D eigenvalue weighted by atomic mass is 19.1. The van der Waals surface area contributed by atoms with Gasteiger partial charge < -0.3 is 15.6 Å². The van der Waals surface area contributed by atoms with Crippen molar-refractivity contribution < 1.29 is 14.2 Å². The highest BCUT2D eigenvalue weighted by Crippen LogP contribution is 2.34. The van der Waals surface area contributed by atoms with E-state index in [1.165, 1.54) is 12.1 Å². The molecule has 0 bridgehead atoms. The molecule has 1 heterocycles. The predicted molar refractivity (Wildman–Crippen MR) is 72.4 cm³/mol. The van der Waals surface area contributed by atoms with Crippen LogP contribution in [-0.4, -0.2) is 30.5 Å². The molecule has 1 saturated heterocycles. The molecule has 0 saturated carbocycles. The second kappa shape index (κ2) is 5.99. The van der Waals surface area contributed by atoms with Crippen molar-refractivity contribution in [1.29, 1.82) is 0 Å². The van der Waals surface area contributed by atoms with E-state index in [9.17, 15) is 9.50 Å². The Bertz CT molecular complexity index is 420. The first-order valence-electron chi connectivity index (χ1n) is 6.82. The summed E-state index contributed by atoms with van der Waals surface area (Å²) in [6.07, 6.45) is 2.98. The Morgan fingerprint density at radius 2 is 2.26 bits per heavy atom. The quantitative estimate of drug-likeness (QED) is 0.857. The molecule has 0 spiro atoms. The van der Waals surface area contributed by atoms with Crippen molar-refractivity contribution in [2.45, 2.75) is 43.8 Å². The first kappa shape index (κ1) is 14.4. The van der Waals surface area contributed by atoms with Crippen molar-refractivity contribution in [3.63, 3.8) is 0 Å². The summed E-state index contributed by atoms with van der Waals surface area (Å²) in [5, 5.41) is 9.79. The molecule has 1 aliphatic rings. The van der Waals surface area contributed by atoms with Gasteiger partial charge in [0.2, 0.25) is 0 Å². The van der Waals surface area contributed by atoms with E-state index in [1.54, 1.807) is 6.07 Å². The van der Waals surface area contributed by atoms with E-state index in [2.05, 4.69) is 0 Å². The molecule has 0 aromatic heterocycles. The van der Waals surface area contributed by atoms with Crippen molar-refractivity contribution in [1.82, 2.24) is 0 Å². The number of aliphatic hydroxyl groups excluding tert-OH is 1. The Balaban J connectivity index is 2.21. The van der Waals surface area contributed by atoms with Gasteiger partial charge in [-0.05, 0) is 43.9 Å². The van der Waals surface area contributed by atoms with Crippen molar-refractivity contribution in [3.8, 4) is 0 Å². The normalized spacial score (nSPS) is 26.3. The lowest BCUT2D eigenvalue weighted by Gasteiger charge is -2.33. The lowest BCUT2D eigenvalue weighted by atomic mass is 9.76. The van der Waals surface area contributed by atoms with Crippen molar-refractivity contribution in [2.75, 3.05) is 13.2 Å². The summed E-state index contributed by atoms with van der Waals surface area (Å²) in [5.41, 5.74) is 6.01. The van der Waals surface area contributed by atoms with Crippen LogP contribution in [0, 0.1) is 5.82 Å². The predicted octanol–water partition coefficient (Wildman–Crippen LogP) is 1.97. The zero-order chi connectivity index (χ0) is 13.9. The van der Waals surface area contributed by atoms with E-state index >= 15 is 0 Å². The number of aliphatic hydroxyl groups is 1. The van der Waals surface area contributed by atoms with Gasteiger partial charge in [0.15, 0.2) is 0 Å². The van der Waals surface area contributed by atoms with Crippen LogP contribution in [0.1, 0.15) is 31.7 Å². The smallest absolute Gasteiger partial charge is 0.123 e. The molecule has 1 fully saturated rings. The number of nitrogens with two attached hydrogens (primary N) is 1. The number of hydrogen-bond donors (Lipinski definition) is 2. The van der Waals surface area contributed by atoms with Gasteiger partial charge >= 0.3 is 0 Å². The third kappa shape index (κ3) is 3.14. The fraction of sp³-hybridized carbons (Fsp3) is 0.600. The molecule has 1 aromatic rings. The van der Waals surface area contributed by atoms with E-state index in [0.717, 1.165) is 18.4 Å². The van der Waals surface area contributed by atoms with Crippen LogP contribution < -0.4 is 5.73 Å². The van der Waals surface area contributed by atoms with E-state index < -0.39 is 5.41 Å². The van der Waals surface area contributed by atoms with Gasteiger partial charge in [-0.1, -0.05) is 12.1 Å². The van der Waals surface area contributed by atoms with Crippen molar-refractivity contribution >= 4 is 0 Å². The molecule has 0 aliphatic carbocycles. The summed E-state index contributed by atoms with van der Waals surface area (Å²) in [6, 6.07) is 6.34.